The summed E-state index contributed by atoms with van der Waals surface area (Å²) in [7, 11) is 1.81. The van der Waals surface area contributed by atoms with Gasteiger partial charge in [-0.1, -0.05) is 12.1 Å². The Labute approximate surface area is 115 Å². The fraction of sp³-hybridized carbons (Fsp3) is 0.533. The second-order valence-corrected chi connectivity index (χ2v) is 5.01. The van der Waals surface area contributed by atoms with Crippen LogP contribution in [0.2, 0.25) is 0 Å². The van der Waals surface area contributed by atoms with Crippen molar-refractivity contribution in [3.8, 4) is 5.75 Å². The van der Waals surface area contributed by atoms with Crippen LogP contribution >= 0.6 is 0 Å². The Morgan fingerprint density at radius 1 is 1.32 bits per heavy atom. The van der Waals surface area contributed by atoms with E-state index in [9.17, 15) is 9.90 Å². The predicted molar refractivity (Wildman–Crippen MR) is 77.2 cm³/mol. The molecule has 1 aromatic carbocycles. The summed E-state index contributed by atoms with van der Waals surface area (Å²) in [4.78, 5) is 13.7. The maximum absolute atomic E-state index is 11.9. The van der Waals surface area contributed by atoms with E-state index in [1.807, 2.05) is 33.0 Å². The summed E-state index contributed by atoms with van der Waals surface area (Å²) in [6.45, 7) is 6.63. The van der Waals surface area contributed by atoms with Gasteiger partial charge in [0.25, 0.3) is 0 Å². The fourth-order valence-corrected chi connectivity index (χ4v) is 2.03. The normalized spacial score (nSPS) is 13.9. The van der Waals surface area contributed by atoms with Crippen LogP contribution in [0.5, 0.6) is 5.75 Å². The molecule has 0 fully saturated rings. The number of hydrogen-bond acceptors (Lipinski definition) is 3. The molecule has 0 aliphatic heterocycles. The minimum atomic E-state index is -0.183. The molecular formula is C15H24N2O2. The molecule has 0 heterocycles. The highest BCUT2D eigenvalue weighted by molar-refractivity contribution is 5.81. The summed E-state index contributed by atoms with van der Waals surface area (Å²) in [5.41, 5.74) is 1.14. The number of likely N-dealkylation sites (N-methyl/N-ethyl adjacent to an activating group) is 1. The Morgan fingerprint density at radius 3 is 2.42 bits per heavy atom. The maximum Gasteiger partial charge on any atom is 0.239 e. The summed E-state index contributed by atoms with van der Waals surface area (Å²) in [6, 6.07) is 7.19. The van der Waals surface area contributed by atoms with E-state index in [2.05, 4.69) is 12.2 Å². The van der Waals surface area contributed by atoms with Crippen molar-refractivity contribution in [3.05, 3.63) is 29.8 Å². The molecule has 2 unspecified atom stereocenters. The minimum absolute atomic E-state index is 0.111. The molecule has 1 amide bonds. The van der Waals surface area contributed by atoms with Crippen molar-refractivity contribution in [3.63, 3.8) is 0 Å². The van der Waals surface area contributed by atoms with Gasteiger partial charge in [0.15, 0.2) is 0 Å². The van der Waals surface area contributed by atoms with E-state index in [4.69, 9.17) is 0 Å². The van der Waals surface area contributed by atoms with E-state index in [1.165, 1.54) is 0 Å². The van der Waals surface area contributed by atoms with Gasteiger partial charge in [-0.05, 0) is 44.9 Å². The van der Waals surface area contributed by atoms with Crippen LogP contribution in [-0.2, 0) is 11.2 Å². The summed E-state index contributed by atoms with van der Waals surface area (Å²) >= 11 is 0. The smallest absolute Gasteiger partial charge is 0.239 e. The van der Waals surface area contributed by atoms with Gasteiger partial charge in [0, 0.05) is 19.6 Å². The first-order chi connectivity index (χ1) is 8.93. The van der Waals surface area contributed by atoms with Crippen molar-refractivity contribution in [1.82, 2.24) is 10.2 Å². The van der Waals surface area contributed by atoms with Crippen molar-refractivity contribution in [2.45, 2.75) is 39.3 Å². The lowest BCUT2D eigenvalue weighted by Crippen LogP contribution is -2.46. The van der Waals surface area contributed by atoms with Gasteiger partial charge in [-0.15, -0.1) is 0 Å². The summed E-state index contributed by atoms with van der Waals surface area (Å²) in [6.07, 6.45) is 0.827. The van der Waals surface area contributed by atoms with E-state index in [0.717, 1.165) is 18.5 Å². The first-order valence-electron chi connectivity index (χ1n) is 6.73. The third-order valence-corrected chi connectivity index (χ3v) is 3.23. The third kappa shape index (κ3) is 4.91. The van der Waals surface area contributed by atoms with Gasteiger partial charge >= 0.3 is 0 Å². The number of rotatable bonds is 6. The number of amides is 1. The molecular weight excluding hydrogens is 240 g/mol. The first kappa shape index (κ1) is 15.5. The topological polar surface area (TPSA) is 52.6 Å². The minimum Gasteiger partial charge on any atom is -0.508 e. The van der Waals surface area contributed by atoms with Crippen LogP contribution in [-0.4, -0.2) is 41.6 Å². The molecule has 4 nitrogen and oxygen atoms in total. The Hall–Kier alpha value is -1.55. The Balaban J connectivity index is 2.48. The second-order valence-electron chi connectivity index (χ2n) is 5.01. The SMILES string of the molecule is CCN(C)C(=O)C(C)NC(C)Cc1ccc(O)cc1. The molecule has 0 aromatic heterocycles. The van der Waals surface area contributed by atoms with Crippen molar-refractivity contribution in [2.24, 2.45) is 0 Å². The lowest BCUT2D eigenvalue weighted by Gasteiger charge is -2.24. The van der Waals surface area contributed by atoms with Crippen LogP contribution in [0.3, 0.4) is 0 Å². The molecule has 106 valence electrons. The molecule has 0 aliphatic carbocycles. The van der Waals surface area contributed by atoms with Crippen LogP contribution < -0.4 is 5.32 Å². The van der Waals surface area contributed by atoms with E-state index >= 15 is 0 Å². The van der Waals surface area contributed by atoms with Gasteiger partial charge in [-0.25, -0.2) is 0 Å². The van der Waals surface area contributed by atoms with E-state index in [1.54, 1.807) is 17.0 Å². The Bertz CT molecular complexity index is 403. The number of aromatic hydroxyl groups is 1. The molecule has 1 aromatic rings. The monoisotopic (exact) mass is 264 g/mol. The third-order valence-electron chi connectivity index (χ3n) is 3.23. The number of nitrogens with zero attached hydrogens (tertiary/aromatic N) is 1. The van der Waals surface area contributed by atoms with Crippen molar-refractivity contribution in [2.75, 3.05) is 13.6 Å². The van der Waals surface area contributed by atoms with E-state index in [0.29, 0.717) is 0 Å². The maximum atomic E-state index is 11.9. The second kappa shape index (κ2) is 7.14. The first-order valence-corrected chi connectivity index (χ1v) is 6.73. The van der Waals surface area contributed by atoms with Crippen LogP contribution in [0.25, 0.3) is 0 Å². The highest BCUT2D eigenvalue weighted by atomic mass is 16.3. The van der Waals surface area contributed by atoms with Crippen LogP contribution in [0.4, 0.5) is 0 Å². The number of carbonyl (C=O) groups excluding carboxylic acids is 1. The molecule has 2 atom stereocenters. The average Bonchev–Trinajstić information content (AvgIpc) is 2.39. The molecule has 19 heavy (non-hydrogen) atoms. The Kier molecular flexibility index (Phi) is 5.83. The van der Waals surface area contributed by atoms with Crippen molar-refractivity contribution >= 4 is 5.91 Å². The molecule has 0 bridgehead atoms. The lowest BCUT2D eigenvalue weighted by molar-refractivity contribution is -0.131. The summed E-state index contributed by atoms with van der Waals surface area (Å²) < 4.78 is 0. The van der Waals surface area contributed by atoms with Gasteiger partial charge < -0.3 is 15.3 Å². The van der Waals surface area contributed by atoms with E-state index in [-0.39, 0.29) is 23.7 Å². The zero-order valence-electron chi connectivity index (χ0n) is 12.2. The van der Waals surface area contributed by atoms with Crippen molar-refractivity contribution < 1.29 is 9.90 Å². The van der Waals surface area contributed by atoms with E-state index < -0.39 is 0 Å². The quantitative estimate of drug-likeness (QED) is 0.823. The van der Waals surface area contributed by atoms with Gasteiger partial charge in [0.1, 0.15) is 5.75 Å². The van der Waals surface area contributed by atoms with Crippen molar-refractivity contribution in [1.29, 1.82) is 0 Å². The molecule has 0 radical (unpaired) electrons. The zero-order valence-corrected chi connectivity index (χ0v) is 12.2. The number of phenols is 1. The van der Waals surface area contributed by atoms with Gasteiger partial charge in [0.05, 0.1) is 6.04 Å². The molecule has 0 aliphatic rings. The number of hydrogen-bond donors (Lipinski definition) is 2. The molecule has 0 spiro atoms. The highest BCUT2D eigenvalue weighted by Crippen LogP contribution is 2.11. The van der Waals surface area contributed by atoms with Gasteiger partial charge in [-0.2, -0.15) is 0 Å². The predicted octanol–water partition coefficient (Wildman–Crippen LogP) is 1.78. The van der Waals surface area contributed by atoms with Crippen LogP contribution in [0.15, 0.2) is 24.3 Å². The lowest BCUT2D eigenvalue weighted by atomic mass is 10.1. The number of nitrogens with one attached hydrogen (secondary N) is 1. The molecule has 0 saturated carbocycles. The largest absolute Gasteiger partial charge is 0.508 e. The van der Waals surface area contributed by atoms with Crippen LogP contribution in [0.1, 0.15) is 26.3 Å². The zero-order chi connectivity index (χ0) is 14.4. The fourth-order valence-electron chi connectivity index (χ4n) is 2.03. The molecule has 2 N–H and O–H groups in total. The van der Waals surface area contributed by atoms with Gasteiger partial charge in [0.2, 0.25) is 5.91 Å². The highest BCUT2D eigenvalue weighted by Gasteiger charge is 2.18. The number of carbonyl (C=O) groups is 1. The molecule has 1 rings (SSSR count). The summed E-state index contributed by atoms with van der Waals surface area (Å²) in [5.74, 6) is 0.387. The van der Waals surface area contributed by atoms with Crippen LogP contribution in [0, 0.1) is 0 Å². The molecule has 4 heteroatoms. The average molecular weight is 264 g/mol. The molecule has 0 saturated heterocycles. The standard InChI is InChI=1S/C15H24N2O2/c1-5-17(4)15(19)12(3)16-11(2)10-13-6-8-14(18)9-7-13/h6-9,11-12,16,18H,5,10H2,1-4H3. The van der Waals surface area contributed by atoms with Gasteiger partial charge in [-0.3, -0.25) is 4.79 Å². The summed E-state index contributed by atoms with van der Waals surface area (Å²) in [5, 5.41) is 12.5. The number of phenolic OH excluding ortho intramolecular Hbond substituents is 1. The Morgan fingerprint density at radius 2 is 1.89 bits per heavy atom. The number of benzene rings is 1.